The van der Waals surface area contributed by atoms with Crippen molar-refractivity contribution in [2.45, 2.75) is 46.1 Å². The average Bonchev–Trinajstić information content (AvgIpc) is 2.10. The first-order chi connectivity index (χ1) is 6.07. The van der Waals surface area contributed by atoms with Gasteiger partial charge in [0.25, 0.3) is 0 Å². The molecule has 3 heteroatoms. The summed E-state index contributed by atoms with van der Waals surface area (Å²) >= 11 is 0. The number of carbonyl (C=O) groups excluding carboxylic acids is 1. The van der Waals surface area contributed by atoms with Gasteiger partial charge in [-0.25, -0.2) is 0 Å². The Hall–Kier alpha value is -0.570. The van der Waals surface area contributed by atoms with Gasteiger partial charge in [-0.3, -0.25) is 4.79 Å². The monoisotopic (exact) mass is 186 g/mol. The van der Waals surface area contributed by atoms with Crippen LogP contribution >= 0.6 is 0 Å². The first-order valence-electron chi connectivity index (χ1n) is 5.10. The summed E-state index contributed by atoms with van der Waals surface area (Å²) in [6.07, 6.45) is 2.65. The minimum atomic E-state index is 0.0746. The van der Waals surface area contributed by atoms with Gasteiger partial charge >= 0.3 is 0 Å². The summed E-state index contributed by atoms with van der Waals surface area (Å²) in [6, 6.07) is 0.0746. The van der Waals surface area contributed by atoms with Gasteiger partial charge in [0, 0.05) is 19.0 Å². The summed E-state index contributed by atoms with van der Waals surface area (Å²) in [4.78, 5) is 11.2. The summed E-state index contributed by atoms with van der Waals surface area (Å²) in [7, 11) is 0. The van der Waals surface area contributed by atoms with E-state index in [2.05, 4.69) is 26.1 Å². The van der Waals surface area contributed by atoms with E-state index < -0.39 is 0 Å². The number of hydrogen-bond acceptors (Lipinski definition) is 2. The third-order valence-corrected chi connectivity index (χ3v) is 2.15. The SMILES string of the molecule is CCCCC(=O)NCC(N)C(C)C. The average molecular weight is 186 g/mol. The number of carbonyl (C=O) groups is 1. The lowest BCUT2D eigenvalue weighted by Gasteiger charge is -2.15. The lowest BCUT2D eigenvalue weighted by molar-refractivity contribution is -0.121. The highest BCUT2D eigenvalue weighted by molar-refractivity contribution is 5.75. The fourth-order valence-electron chi connectivity index (χ4n) is 0.893. The Balaban J connectivity index is 3.46. The van der Waals surface area contributed by atoms with Crippen LogP contribution in [0.1, 0.15) is 40.0 Å². The van der Waals surface area contributed by atoms with Gasteiger partial charge < -0.3 is 11.1 Å². The van der Waals surface area contributed by atoms with Gasteiger partial charge in [-0.05, 0) is 12.3 Å². The molecule has 0 radical (unpaired) electrons. The van der Waals surface area contributed by atoms with Crippen LogP contribution in [0, 0.1) is 5.92 Å². The van der Waals surface area contributed by atoms with Crippen LogP contribution in [0.5, 0.6) is 0 Å². The molecule has 0 aromatic heterocycles. The molecule has 0 aliphatic carbocycles. The minimum absolute atomic E-state index is 0.0746. The van der Waals surface area contributed by atoms with E-state index >= 15 is 0 Å². The van der Waals surface area contributed by atoms with Crippen molar-refractivity contribution in [2.75, 3.05) is 6.54 Å². The van der Waals surface area contributed by atoms with Gasteiger partial charge in [0.05, 0.1) is 0 Å². The van der Waals surface area contributed by atoms with E-state index in [0.717, 1.165) is 12.8 Å². The van der Waals surface area contributed by atoms with E-state index in [0.29, 0.717) is 18.9 Å². The maximum atomic E-state index is 11.2. The molecule has 0 saturated heterocycles. The molecule has 1 unspecified atom stereocenters. The fourth-order valence-corrected chi connectivity index (χ4v) is 0.893. The third-order valence-electron chi connectivity index (χ3n) is 2.15. The maximum Gasteiger partial charge on any atom is 0.220 e. The van der Waals surface area contributed by atoms with E-state index in [1.807, 2.05) is 0 Å². The molecule has 0 spiro atoms. The van der Waals surface area contributed by atoms with E-state index in [9.17, 15) is 4.79 Å². The van der Waals surface area contributed by atoms with Gasteiger partial charge in [-0.2, -0.15) is 0 Å². The Labute approximate surface area is 81.1 Å². The van der Waals surface area contributed by atoms with Crippen LogP contribution in [0.4, 0.5) is 0 Å². The van der Waals surface area contributed by atoms with Crippen molar-refractivity contribution in [3.8, 4) is 0 Å². The third kappa shape index (κ3) is 6.58. The Kier molecular flexibility index (Phi) is 6.59. The van der Waals surface area contributed by atoms with Crippen molar-refractivity contribution in [3.63, 3.8) is 0 Å². The molecule has 1 amide bonds. The normalized spacial score (nSPS) is 13.0. The van der Waals surface area contributed by atoms with Gasteiger partial charge in [0.2, 0.25) is 5.91 Å². The summed E-state index contributed by atoms with van der Waals surface area (Å²) in [5.74, 6) is 0.546. The van der Waals surface area contributed by atoms with Crippen LogP contribution in [0.15, 0.2) is 0 Å². The number of hydrogen-bond donors (Lipinski definition) is 2. The summed E-state index contributed by atoms with van der Waals surface area (Å²) < 4.78 is 0. The molecule has 0 rings (SSSR count). The van der Waals surface area contributed by atoms with Crippen LogP contribution in [-0.2, 0) is 4.79 Å². The number of nitrogens with one attached hydrogen (secondary N) is 1. The zero-order valence-electron chi connectivity index (χ0n) is 8.97. The van der Waals surface area contributed by atoms with Crippen LogP contribution in [0.25, 0.3) is 0 Å². The van der Waals surface area contributed by atoms with Crippen LogP contribution in [-0.4, -0.2) is 18.5 Å². The van der Waals surface area contributed by atoms with Crippen LogP contribution in [0.3, 0.4) is 0 Å². The van der Waals surface area contributed by atoms with Gasteiger partial charge in [-0.1, -0.05) is 27.2 Å². The highest BCUT2D eigenvalue weighted by Crippen LogP contribution is 1.97. The molecule has 78 valence electrons. The fraction of sp³-hybridized carbons (Fsp3) is 0.900. The molecule has 3 nitrogen and oxygen atoms in total. The Bertz CT molecular complexity index is 146. The molecule has 0 bridgehead atoms. The molecule has 0 saturated carbocycles. The zero-order chi connectivity index (χ0) is 10.3. The quantitative estimate of drug-likeness (QED) is 0.656. The van der Waals surface area contributed by atoms with Crippen molar-refractivity contribution in [2.24, 2.45) is 11.7 Å². The smallest absolute Gasteiger partial charge is 0.220 e. The predicted octanol–water partition coefficient (Wildman–Crippen LogP) is 1.28. The Morgan fingerprint density at radius 1 is 1.46 bits per heavy atom. The highest BCUT2D eigenvalue weighted by atomic mass is 16.1. The molecule has 13 heavy (non-hydrogen) atoms. The molecule has 1 atom stereocenters. The highest BCUT2D eigenvalue weighted by Gasteiger charge is 2.08. The van der Waals surface area contributed by atoms with Crippen LogP contribution in [0.2, 0.25) is 0 Å². The summed E-state index contributed by atoms with van der Waals surface area (Å²) in [6.45, 7) is 6.79. The largest absolute Gasteiger partial charge is 0.355 e. The van der Waals surface area contributed by atoms with Crippen molar-refractivity contribution >= 4 is 5.91 Å². The molecule has 0 aromatic carbocycles. The molecular formula is C10H22N2O. The van der Waals surface area contributed by atoms with Gasteiger partial charge in [-0.15, -0.1) is 0 Å². The van der Waals surface area contributed by atoms with E-state index in [-0.39, 0.29) is 11.9 Å². The van der Waals surface area contributed by atoms with Crippen molar-refractivity contribution < 1.29 is 4.79 Å². The van der Waals surface area contributed by atoms with E-state index in [1.54, 1.807) is 0 Å². The number of rotatable bonds is 6. The van der Waals surface area contributed by atoms with Gasteiger partial charge in [0.15, 0.2) is 0 Å². The summed E-state index contributed by atoms with van der Waals surface area (Å²) in [5.41, 5.74) is 5.78. The van der Waals surface area contributed by atoms with Gasteiger partial charge in [0.1, 0.15) is 0 Å². The number of unbranched alkanes of at least 4 members (excludes halogenated alkanes) is 1. The number of amides is 1. The standard InChI is InChI=1S/C10H22N2O/c1-4-5-6-10(13)12-7-9(11)8(2)3/h8-9H,4-7,11H2,1-3H3,(H,12,13). The zero-order valence-corrected chi connectivity index (χ0v) is 8.97. The second-order valence-corrected chi connectivity index (χ2v) is 3.82. The van der Waals surface area contributed by atoms with Crippen molar-refractivity contribution in [3.05, 3.63) is 0 Å². The molecule has 0 heterocycles. The summed E-state index contributed by atoms with van der Waals surface area (Å²) in [5, 5.41) is 2.83. The topological polar surface area (TPSA) is 55.1 Å². The van der Waals surface area contributed by atoms with Crippen molar-refractivity contribution in [1.29, 1.82) is 0 Å². The first-order valence-corrected chi connectivity index (χ1v) is 5.10. The molecule has 0 aromatic rings. The molecule has 3 N–H and O–H groups in total. The maximum absolute atomic E-state index is 11.2. The second kappa shape index (κ2) is 6.89. The molecular weight excluding hydrogens is 164 g/mol. The molecule has 0 aliphatic rings. The first kappa shape index (κ1) is 12.4. The lowest BCUT2D eigenvalue weighted by atomic mass is 10.1. The molecule has 0 fully saturated rings. The second-order valence-electron chi connectivity index (χ2n) is 3.82. The Morgan fingerprint density at radius 3 is 2.54 bits per heavy atom. The van der Waals surface area contributed by atoms with E-state index in [1.165, 1.54) is 0 Å². The van der Waals surface area contributed by atoms with Crippen molar-refractivity contribution in [1.82, 2.24) is 5.32 Å². The van der Waals surface area contributed by atoms with E-state index in [4.69, 9.17) is 5.73 Å². The number of nitrogens with two attached hydrogens (primary N) is 1. The minimum Gasteiger partial charge on any atom is -0.355 e. The van der Waals surface area contributed by atoms with Crippen LogP contribution < -0.4 is 11.1 Å². The Morgan fingerprint density at radius 2 is 2.08 bits per heavy atom. The molecule has 0 aliphatic heterocycles. The predicted molar refractivity (Wildman–Crippen MR) is 55.3 cm³/mol. The lowest BCUT2D eigenvalue weighted by Crippen LogP contribution is -2.40.